The van der Waals surface area contributed by atoms with Gasteiger partial charge in [-0.1, -0.05) is 0 Å². The fourth-order valence-electron chi connectivity index (χ4n) is 2.88. The number of ketones is 1. The van der Waals surface area contributed by atoms with Crippen LogP contribution in [0.5, 0.6) is 0 Å². The standard InChI is InChI=1S/C13H17NO2/c1-13(6-8-16-9-13)14-7-5-10-11(14)3-2-4-12(10)15/h5,7H,2-4,6,8-9H2,1H3. The summed E-state index contributed by atoms with van der Waals surface area (Å²) in [5.74, 6) is 0.308. The molecule has 3 nitrogen and oxygen atoms in total. The molecule has 0 saturated carbocycles. The van der Waals surface area contributed by atoms with Crippen molar-refractivity contribution in [2.45, 2.75) is 38.1 Å². The molecule has 0 amide bonds. The van der Waals surface area contributed by atoms with E-state index >= 15 is 0 Å². The molecule has 1 aliphatic heterocycles. The summed E-state index contributed by atoms with van der Waals surface area (Å²) >= 11 is 0. The van der Waals surface area contributed by atoms with Gasteiger partial charge in [-0.05, 0) is 32.3 Å². The highest BCUT2D eigenvalue weighted by atomic mass is 16.5. The lowest BCUT2D eigenvalue weighted by Crippen LogP contribution is -2.32. The van der Waals surface area contributed by atoms with Crippen molar-refractivity contribution in [3.05, 3.63) is 23.5 Å². The number of ether oxygens (including phenoxy) is 1. The quantitative estimate of drug-likeness (QED) is 0.724. The minimum atomic E-state index is 0.0607. The highest BCUT2D eigenvalue weighted by Crippen LogP contribution is 2.32. The molecule has 0 N–H and O–H groups in total. The number of fused-ring (bicyclic) bond motifs is 1. The van der Waals surface area contributed by atoms with E-state index in [4.69, 9.17) is 4.74 Å². The first-order valence-corrected chi connectivity index (χ1v) is 6.02. The van der Waals surface area contributed by atoms with E-state index < -0.39 is 0 Å². The van der Waals surface area contributed by atoms with Crippen molar-refractivity contribution in [3.63, 3.8) is 0 Å². The second-order valence-corrected chi connectivity index (χ2v) is 5.12. The molecular formula is C13H17NO2. The molecule has 1 atom stereocenters. The smallest absolute Gasteiger partial charge is 0.164 e. The first kappa shape index (κ1) is 10.1. The number of carbonyl (C=O) groups excluding carboxylic acids is 1. The van der Waals surface area contributed by atoms with Crippen LogP contribution in [-0.2, 0) is 16.7 Å². The summed E-state index contributed by atoms with van der Waals surface area (Å²) in [6.07, 6.45) is 5.85. The summed E-state index contributed by atoms with van der Waals surface area (Å²) in [5.41, 5.74) is 2.23. The summed E-state index contributed by atoms with van der Waals surface area (Å²) in [6.45, 7) is 3.82. The minimum absolute atomic E-state index is 0.0607. The van der Waals surface area contributed by atoms with Crippen LogP contribution in [0.25, 0.3) is 0 Å². The van der Waals surface area contributed by atoms with Gasteiger partial charge in [-0.15, -0.1) is 0 Å². The molecule has 16 heavy (non-hydrogen) atoms. The first-order chi connectivity index (χ1) is 7.71. The fraction of sp³-hybridized carbons (Fsp3) is 0.615. The molecule has 0 aromatic carbocycles. The molecule has 0 bridgehead atoms. The van der Waals surface area contributed by atoms with Crippen LogP contribution in [0.1, 0.15) is 42.2 Å². The van der Waals surface area contributed by atoms with Gasteiger partial charge in [0.15, 0.2) is 5.78 Å². The van der Waals surface area contributed by atoms with Crippen LogP contribution < -0.4 is 0 Å². The predicted octanol–water partition coefficient (Wildman–Crippen LogP) is 2.14. The third kappa shape index (κ3) is 1.34. The lowest BCUT2D eigenvalue weighted by atomic mass is 9.94. The van der Waals surface area contributed by atoms with E-state index in [-0.39, 0.29) is 5.54 Å². The van der Waals surface area contributed by atoms with Gasteiger partial charge in [0, 0.05) is 30.5 Å². The molecule has 1 aromatic heterocycles. The number of rotatable bonds is 1. The zero-order valence-electron chi connectivity index (χ0n) is 9.66. The third-order valence-corrected chi connectivity index (χ3v) is 3.89. The molecule has 0 spiro atoms. The summed E-state index contributed by atoms with van der Waals surface area (Å²) in [4.78, 5) is 11.8. The van der Waals surface area contributed by atoms with Crippen molar-refractivity contribution in [1.82, 2.24) is 4.57 Å². The molecule has 86 valence electrons. The highest BCUT2D eigenvalue weighted by molar-refractivity contribution is 5.98. The SMILES string of the molecule is CC1(n2ccc3c2CCCC3=O)CCOC1. The maximum atomic E-state index is 11.8. The van der Waals surface area contributed by atoms with E-state index in [9.17, 15) is 4.79 Å². The van der Waals surface area contributed by atoms with Crippen molar-refractivity contribution >= 4 is 5.78 Å². The Bertz CT molecular complexity index is 427. The van der Waals surface area contributed by atoms with E-state index in [2.05, 4.69) is 17.7 Å². The van der Waals surface area contributed by atoms with Crippen LogP contribution in [0.3, 0.4) is 0 Å². The summed E-state index contributed by atoms with van der Waals surface area (Å²) in [5, 5.41) is 0. The second-order valence-electron chi connectivity index (χ2n) is 5.12. The topological polar surface area (TPSA) is 31.2 Å². The Hall–Kier alpha value is -1.09. The summed E-state index contributed by atoms with van der Waals surface area (Å²) < 4.78 is 7.78. The highest BCUT2D eigenvalue weighted by Gasteiger charge is 2.34. The van der Waals surface area contributed by atoms with E-state index in [1.54, 1.807) is 0 Å². The molecule has 1 saturated heterocycles. The number of aromatic nitrogens is 1. The largest absolute Gasteiger partial charge is 0.379 e. The average Bonchev–Trinajstić information content (AvgIpc) is 2.85. The Morgan fingerprint density at radius 3 is 3.06 bits per heavy atom. The number of nitrogens with zero attached hydrogens (tertiary/aromatic N) is 1. The molecule has 1 aromatic rings. The normalized spacial score (nSPS) is 29.4. The Morgan fingerprint density at radius 2 is 2.31 bits per heavy atom. The Morgan fingerprint density at radius 1 is 1.44 bits per heavy atom. The van der Waals surface area contributed by atoms with Crippen LogP contribution >= 0.6 is 0 Å². The molecule has 1 unspecified atom stereocenters. The van der Waals surface area contributed by atoms with Crippen molar-refractivity contribution in [2.75, 3.05) is 13.2 Å². The Labute approximate surface area is 95.4 Å². The number of Topliss-reactive ketones (excluding diaryl/α,β-unsaturated/α-hetero) is 1. The van der Waals surface area contributed by atoms with Crippen molar-refractivity contribution in [2.24, 2.45) is 0 Å². The van der Waals surface area contributed by atoms with E-state index in [1.165, 1.54) is 5.69 Å². The lowest BCUT2D eigenvalue weighted by molar-refractivity contribution is 0.0970. The average molecular weight is 219 g/mol. The molecule has 0 radical (unpaired) electrons. The van der Waals surface area contributed by atoms with E-state index in [0.29, 0.717) is 12.2 Å². The van der Waals surface area contributed by atoms with Crippen LogP contribution in [0.15, 0.2) is 12.3 Å². The number of carbonyl (C=O) groups is 1. The lowest BCUT2D eigenvalue weighted by Gasteiger charge is -2.28. The maximum Gasteiger partial charge on any atom is 0.164 e. The van der Waals surface area contributed by atoms with Crippen molar-refractivity contribution in [3.8, 4) is 0 Å². The van der Waals surface area contributed by atoms with Gasteiger partial charge < -0.3 is 9.30 Å². The molecule has 3 heteroatoms. The number of hydrogen-bond acceptors (Lipinski definition) is 2. The summed E-state index contributed by atoms with van der Waals surface area (Å²) in [7, 11) is 0. The van der Waals surface area contributed by atoms with Gasteiger partial charge in [0.1, 0.15) is 0 Å². The summed E-state index contributed by atoms with van der Waals surface area (Å²) in [6, 6.07) is 1.99. The van der Waals surface area contributed by atoms with Gasteiger partial charge in [-0.2, -0.15) is 0 Å². The Kier molecular flexibility index (Phi) is 2.18. The monoisotopic (exact) mass is 219 g/mol. The molecule has 2 aliphatic rings. The van der Waals surface area contributed by atoms with E-state index in [0.717, 1.165) is 38.0 Å². The van der Waals surface area contributed by atoms with Gasteiger partial charge in [-0.25, -0.2) is 0 Å². The molecule has 2 heterocycles. The van der Waals surface area contributed by atoms with Crippen LogP contribution in [0.2, 0.25) is 0 Å². The van der Waals surface area contributed by atoms with Crippen LogP contribution in [0, 0.1) is 0 Å². The Balaban J connectivity index is 2.05. The fourth-order valence-corrected chi connectivity index (χ4v) is 2.88. The molecular weight excluding hydrogens is 202 g/mol. The van der Waals surface area contributed by atoms with Gasteiger partial charge in [0.2, 0.25) is 0 Å². The maximum absolute atomic E-state index is 11.8. The number of hydrogen-bond donors (Lipinski definition) is 0. The first-order valence-electron chi connectivity index (χ1n) is 6.02. The zero-order valence-corrected chi connectivity index (χ0v) is 9.66. The predicted molar refractivity (Wildman–Crippen MR) is 60.8 cm³/mol. The van der Waals surface area contributed by atoms with E-state index in [1.807, 2.05) is 6.07 Å². The van der Waals surface area contributed by atoms with Crippen LogP contribution in [-0.4, -0.2) is 23.6 Å². The van der Waals surface area contributed by atoms with Gasteiger partial charge in [0.25, 0.3) is 0 Å². The molecule has 1 aliphatic carbocycles. The van der Waals surface area contributed by atoms with Crippen LogP contribution in [0.4, 0.5) is 0 Å². The minimum Gasteiger partial charge on any atom is -0.379 e. The molecule has 3 rings (SSSR count). The molecule has 1 fully saturated rings. The van der Waals surface area contributed by atoms with Gasteiger partial charge in [0.05, 0.1) is 12.1 Å². The zero-order chi connectivity index (χ0) is 11.2. The van der Waals surface area contributed by atoms with Crippen molar-refractivity contribution in [1.29, 1.82) is 0 Å². The van der Waals surface area contributed by atoms with Gasteiger partial charge in [-0.3, -0.25) is 4.79 Å². The van der Waals surface area contributed by atoms with Gasteiger partial charge >= 0.3 is 0 Å². The third-order valence-electron chi connectivity index (χ3n) is 3.89. The van der Waals surface area contributed by atoms with Crippen molar-refractivity contribution < 1.29 is 9.53 Å². The second kappa shape index (κ2) is 3.45.